The largest absolute Gasteiger partial charge is 0.364 e. The van der Waals surface area contributed by atoms with Crippen LogP contribution in [0.3, 0.4) is 0 Å². The van der Waals surface area contributed by atoms with E-state index in [1.165, 1.54) is 0 Å². The summed E-state index contributed by atoms with van der Waals surface area (Å²) < 4.78 is 0. The number of hydrogen-bond acceptors (Lipinski definition) is 4. The summed E-state index contributed by atoms with van der Waals surface area (Å²) in [5.74, 6) is 0.376. The van der Waals surface area contributed by atoms with Crippen molar-refractivity contribution in [2.45, 2.75) is 33.6 Å². The minimum atomic E-state index is -0.395. The van der Waals surface area contributed by atoms with E-state index in [1.807, 2.05) is 13.8 Å². The third kappa shape index (κ3) is 2.92. The van der Waals surface area contributed by atoms with Crippen LogP contribution in [0, 0.1) is 24.0 Å². The lowest BCUT2D eigenvalue weighted by molar-refractivity contribution is -0.384. The van der Waals surface area contributed by atoms with Gasteiger partial charge in [0.1, 0.15) is 0 Å². The molecular formula is C11H17N3O2. The summed E-state index contributed by atoms with van der Waals surface area (Å²) in [4.78, 5) is 14.7. The molecule has 0 bridgehead atoms. The number of hydrogen-bond donors (Lipinski definition) is 1. The topological polar surface area (TPSA) is 68.1 Å². The first kappa shape index (κ1) is 12.4. The zero-order valence-electron chi connectivity index (χ0n) is 9.91. The van der Waals surface area contributed by atoms with Gasteiger partial charge in [0.05, 0.1) is 4.92 Å². The second-order valence-electron chi connectivity index (χ2n) is 3.80. The van der Waals surface area contributed by atoms with Crippen molar-refractivity contribution in [3.8, 4) is 0 Å². The summed E-state index contributed by atoms with van der Waals surface area (Å²) in [6.45, 7) is 6.46. The van der Waals surface area contributed by atoms with Crippen LogP contribution in [0.1, 0.15) is 31.0 Å². The van der Waals surface area contributed by atoms with Crippen molar-refractivity contribution in [1.82, 2.24) is 4.98 Å². The molecule has 1 rings (SSSR count). The molecule has 0 fully saturated rings. The Labute approximate surface area is 95.0 Å². The second-order valence-corrected chi connectivity index (χ2v) is 3.80. The summed E-state index contributed by atoms with van der Waals surface area (Å²) in [6.07, 6.45) is 2.03. The molecule has 0 aliphatic rings. The standard InChI is InChI=1S/C11H17N3O2/c1-4-5-6-12-11-10(14(15)16)7-8(2)9(3)13-11/h7H,4-6H2,1-3H3,(H,12,13). The third-order valence-corrected chi connectivity index (χ3v) is 2.47. The van der Waals surface area contributed by atoms with Crippen molar-refractivity contribution >= 4 is 11.5 Å². The van der Waals surface area contributed by atoms with Gasteiger partial charge in [0.15, 0.2) is 0 Å². The summed E-state index contributed by atoms with van der Waals surface area (Å²) in [6, 6.07) is 1.57. The fraction of sp³-hybridized carbons (Fsp3) is 0.545. The molecule has 88 valence electrons. The molecule has 0 radical (unpaired) electrons. The van der Waals surface area contributed by atoms with Crippen LogP contribution in [0.4, 0.5) is 11.5 Å². The average Bonchev–Trinajstić information content (AvgIpc) is 2.23. The quantitative estimate of drug-likeness (QED) is 0.473. The maximum Gasteiger partial charge on any atom is 0.311 e. The molecule has 0 aliphatic heterocycles. The predicted molar refractivity (Wildman–Crippen MR) is 63.8 cm³/mol. The fourth-order valence-electron chi connectivity index (χ4n) is 1.34. The molecule has 0 aliphatic carbocycles. The number of nitrogens with one attached hydrogen (secondary N) is 1. The molecule has 1 aromatic rings. The zero-order chi connectivity index (χ0) is 12.1. The van der Waals surface area contributed by atoms with Crippen molar-refractivity contribution in [3.05, 3.63) is 27.4 Å². The number of nitro groups is 1. The Kier molecular flexibility index (Phi) is 4.22. The van der Waals surface area contributed by atoms with Crippen LogP contribution in [0.25, 0.3) is 0 Å². The summed E-state index contributed by atoms with van der Waals surface area (Å²) in [7, 11) is 0. The van der Waals surface area contributed by atoms with Gasteiger partial charge in [0, 0.05) is 18.3 Å². The number of aryl methyl sites for hydroxylation is 2. The van der Waals surface area contributed by atoms with E-state index < -0.39 is 4.92 Å². The van der Waals surface area contributed by atoms with E-state index in [0.717, 1.165) is 24.1 Å². The lowest BCUT2D eigenvalue weighted by Crippen LogP contribution is -2.07. The molecule has 1 aromatic heterocycles. The van der Waals surface area contributed by atoms with Gasteiger partial charge in [-0.15, -0.1) is 0 Å². The highest BCUT2D eigenvalue weighted by atomic mass is 16.6. The summed E-state index contributed by atoms with van der Waals surface area (Å²) in [5, 5.41) is 13.9. The molecule has 1 N–H and O–H groups in total. The highest BCUT2D eigenvalue weighted by Crippen LogP contribution is 2.24. The SMILES string of the molecule is CCCCNc1nc(C)c(C)cc1[N+](=O)[O-]. The molecule has 0 unspecified atom stereocenters. The molecule has 5 nitrogen and oxygen atoms in total. The molecule has 5 heteroatoms. The van der Waals surface area contributed by atoms with Gasteiger partial charge in [-0.1, -0.05) is 13.3 Å². The molecule has 0 aromatic carbocycles. The van der Waals surface area contributed by atoms with E-state index >= 15 is 0 Å². The molecule has 0 amide bonds. The Balaban J connectivity index is 2.95. The van der Waals surface area contributed by atoms with E-state index in [2.05, 4.69) is 17.2 Å². The van der Waals surface area contributed by atoms with E-state index in [0.29, 0.717) is 12.4 Å². The van der Waals surface area contributed by atoms with Crippen molar-refractivity contribution in [2.75, 3.05) is 11.9 Å². The normalized spacial score (nSPS) is 10.2. The smallest absolute Gasteiger partial charge is 0.311 e. The van der Waals surface area contributed by atoms with Crippen molar-refractivity contribution in [1.29, 1.82) is 0 Å². The maximum absolute atomic E-state index is 10.8. The number of pyridine rings is 1. The lowest BCUT2D eigenvalue weighted by atomic mass is 10.2. The Morgan fingerprint density at radius 1 is 1.50 bits per heavy atom. The van der Waals surface area contributed by atoms with Crippen LogP contribution in [-0.4, -0.2) is 16.5 Å². The van der Waals surface area contributed by atoms with Gasteiger partial charge >= 0.3 is 5.69 Å². The Morgan fingerprint density at radius 3 is 2.75 bits per heavy atom. The van der Waals surface area contributed by atoms with E-state index in [4.69, 9.17) is 0 Å². The van der Waals surface area contributed by atoms with Gasteiger partial charge in [-0.2, -0.15) is 0 Å². The third-order valence-electron chi connectivity index (χ3n) is 2.47. The molecular weight excluding hydrogens is 206 g/mol. The van der Waals surface area contributed by atoms with Crippen LogP contribution < -0.4 is 5.32 Å². The van der Waals surface area contributed by atoms with Gasteiger partial charge in [-0.25, -0.2) is 4.98 Å². The van der Waals surface area contributed by atoms with Crippen LogP contribution in [0.2, 0.25) is 0 Å². The van der Waals surface area contributed by atoms with Gasteiger partial charge in [0.25, 0.3) is 0 Å². The van der Waals surface area contributed by atoms with Crippen molar-refractivity contribution < 1.29 is 4.92 Å². The van der Waals surface area contributed by atoms with E-state index in [-0.39, 0.29) is 5.69 Å². The first-order chi connectivity index (χ1) is 7.56. The fourth-order valence-corrected chi connectivity index (χ4v) is 1.34. The number of nitrogens with zero attached hydrogens (tertiary/aromatic N) is 2. The van der Waals surface area contributed by atoms with Crippen LogP contribution in [0.5, 0.6) is 0 Å². The minimum Gasteiger partial charge on any atom is -0.364 e. The second kappa shape index (κ2) is 5.44. The monoisotopic (exact) mass is 223 g/mol. The molecule has 1 heterocycles. The lowest BCUT2D eigenvalue weighted by Gasteiger charge is -2.07. The van der Waals surface area contributed by atoms with Crippen LogP contribution >= 0.6 is 0 Å². The van der Waals surface area contributed by atoms with Crippen molar-refractivity contribution in [2.24, 2.45) is 0 Å². The number of unbranched alkanes of at least 4 members (excludes halogenated alkanes) is 1. The summed E-state index contributed by atoms with van der Waals surface area (Å²) >= 11 is 0. The zero-order valence-corrected chi connectivity index (χ0v) is 9.91. The highest BCUT2D eigenvalue weighted by molar-refractivity contribution is 5.57. The highest BCUT2D eigenvalue weighted by Gasteiger charge is 2.16. The first-order valence-corrected chi connectivity index (χ1v) is 5.42. The predicted octanol–water partition coefficient (Wildman–Crippen LogP) is 2.82. The first-order valence-electron chi connectivity index (χ1n) is 5.42. The van der Waals surface area contributed by atoms with Crippen molar-refractivity contribution in [3.63, 3.8) is 0 Å². The maximum atomic E-state index is 10.8. The molecule has 0 saturated carbocycles. The van der Waals surface area contributed by atoms with Gasteiger partial charge in [0.2, 0.25) is 5.82 Å². The minimum absolute atomic E-state index is 0.0548. The van der Waals surface area contributed by atoms with E-state index in [9.17, 15) is 10.1 Å². The molecule has 0 atom stereocenters. The van der Waals surface area contributed by atoms with Gasteiger partial charge in [-0.05, 0) is 25.8 Å². The number of anilines is 1. The molecule has 0 spiro atoms. The summed E-state index contributed by atoms with van der Waals surface area (Å²) in [5.41, 5.74) is 1.72. The van der Waals surface area contributed by atoms with Crippen LogP contribution in [0.15, 0.2) is 6.07 Å². The van der Waals surface area contributed by atoms with E-state index in [1.54, 1.807) is 6.07 Å². The number of aromatic nitrogens is 1. The Bertz CT molecular complexity index is 391. The van der Waals surface area contributed by atoms with Gasteiger partial charge < -0.3 is 5.32 Å². The van der Waals surface area contributed by atoms with Crippen LogP contribution in [-0.2, 0) is 0 Å². The molecule has 0 saturated heterocycles. The Morgan fingerprint density at radius 2 is 2.19 bits per heavy atom. The molecule has 16 heavy (non-hydrogen) atoms. The Hall–Kier alpha value is -1.65. The van der Waals surface area contributed by atoms with Gasteiger partial charge in [-0.3, -0.25) is 10.1 Å². The average molecular weight is 223 g/mol. The number of rotatable bonds is 5.